The molecule has 0 unspecified atom stereocenters. The van der Waals surface area contributed by atoms with Crippen molar-refractivity contribution in [1.29, 1.82) is 0 Å². The Hall–Kier alpha value is -3.68. The number of rotatable bonds is 9. The summed E-state index contributed by atoms with van der Waals surface area (Å²) in [7, 11) is 0. The highest BCUT2D eigenvalue weighted by atomic mass is 79.9. The van der Waals surface area contributed by atoms with Crippen molar-refractivity contribution in [3.05, 3.63) is 141 Å². The number of esters is 2. The van der Waals surface area contributed by atoms with Gasteiger partial charge in [0.15, 0.2) is 0 Å². The number of ether oxygens (including phenoxy) is 2. The van der Waals surface area contributed by atoms with Gasteiger partial charge in [0.2, 0.25) is 0 Å². The molecule has 0 radical (unpaired) electrons. The fraction of sp³-hybridized carbons (Fsp3) is 0.222. The lowest BCUT2D eigenvalue weighted by Gasteiger charge is -2.19. The van der Waals surface area contributed by atoms with Crippen molar-refractivity contribution in [3.63, 3.8) is 0 Å². The van der Waals surface area contributed by atoms with E-state index in [0.29, 0.717) is 25.2 Å². The van der Waals surface area contributed by atoms with Gasteiger partial charge in [-0.2, -0.15) is 0 Å². The third kappa shape index (κ3) is 11.8. The van der Waals surface area contributed by atoms with E-state index in [4.69, 9.17) is 9.47 Å². The maximum absolute atomic E-state index is 12.4. The SMILES string of the molecule is CCOC(=O)C(=CNc1cccc(C(C)(C)C)c1)c1cccc(Br)c1.O=C(Cc1cccc(Br)c1)OCc1ccccc1. The molecule has 43 heavy (non-hydrogen) atoms. The lowest BCUT2D eigenvalue weighted by molar-refractivity contribution is -0.144. The summed E-state index contributed by atoms with van der Waals surface area (Å²) in [6.07, 6.45) is 2.01. The number of hydrogen-bond acceptors (Lipinski definition) is 5. The molecule has 0 aliphatic carbocycles. The minimum atomic E-state index is -0.347. The first-order valence-electron chi connectivity index (χ1n) is 14.0. The summed E-state index contributed by atoms with van der Waals surface area (Å²) in [4.78, 5) is 24.0. The molecule has 0 amide bonds. The molecule has 0 aliphatic rings. The molecule has 0 heterocycles. The standard InChI is InChI=1S/C21H24BrNO2.C15H13BrO2/c1-5-25-20(24)19(15-8-6-10-17(22)12-15)14-23-18-11-7-9-16(13-18)21(2,3)4;16-14-8-4-7-13(9-14)10-15(17)18-11-12-5-2-1-3-6-12/h6-14,23H,5H2,1-4H3;1-9H,10-11H2. The van der Waals surface area contributed by atoms with E-state index in [9.17, 15) is 9.59 Å². The number of anilines is 1. The first-order chi connectivity index (χ1) is 20.5. The molecule has 0 fully saturated rings. The van der Waals surface area contributed by atoms with Crippen LogP contribution in [-0.2, 0) is 37.5 Å². The molecule has 0 bridgehead atoms. The summed E-state index contributed by atoms with van der Waals surface area (Å²) in [5, 5.41) is 3.24. The predicted octanol–water partition coefficient (Wildman–Crippen LogP) is 9.50. The zero-order chi connectivity index (χ0) is 31.2. The molecule has 0 saturated heterocycles. The van der Waals surface area contributed by atoms with Crippen LogP contribution in [0.5, 0.6) is 0 Å². The molecule has 4 aromatic carbocycles. The van der Waals surface area contributed by atoms with Crippen molar-refractivity contribution in [2.45, 2.75) is 46.1 Å². The Morgan fingerprint density at radius 2 is 1.42 bits per heavy atom. The van der Waals surface area contributed by atoms with Crippen molar-refractivity contribution < 1.29 is 19.1 Å². The highest BCUT2D eigenvalue weighted by Crippen LogP contribution is 2.26. The van der Waals surface area contributed by atoms with E-state index in [1.165, 1.54) is 5.56 Å². The van der Waals surface area contributed by atoms with E-state index in [-0.39, 0.29) is 17.4 Å². The van der Waals surface area contributed by atoms with Crippen molar-refractivity contribution in [3.8, 4) is 0 Å². The lowest BCUT2D eigenvalue weighted by atomic mass is 9.87. The van der Waals surface area contributed by atoms with Gasteiger partial charge >= 0.3 is 11.9 Å². The van der Waals surface area contributed by atoms with Crippen molar-refractivity contribution >= 4 is 55.1 Å². The third-order valence-electron chi connectivity index (χ3n) is 6.22. The average molecular weight is 708 g/mol. The Morgan fingerprint density at radius 1 is 0.767 bits per heavy atom. The third-order valence-corrected chi connectivity index (χ3v) is 7.21. The van der Waals surface area contributed by atoms with E-state index in [1.54, 1.807) is 13.1 Å². The first-order valence-corrected chi connectivity index (χ1v) is 15.6. The van der Waals surface area contributed by atoms with Crippen LogP contribution in [0.4, 0.5) is 5.69 Å². The Morgan fingerprint density at radius 3 is 2.07 bits per heavy atom. The number of nitrogens with one attached hydrogen (secondary N) is 1. The highest BCUT2D eigenvalue weighted by molar-refractivity contribution is 9.10. The summed E-state index contributed by atoms with van der Waals surface area (Å²) in [6.45, 7) is 8.99. The normalized spacial score (nSPS) is 11.2. The van der Waals surface area contributed by atoms with E-state index in [0.717, 1.165) is 31.3 Å². The van der Waals surface area contributed by atoms with Gasteiger partial charge in [-0.1, -0.05) is 119 Å². The van der Waals surface area contributed by atoms with Gasteiger partial charge < -0.3 is 14.8 Å². The average Bonchev–Trinajstić information content (AvgIpc) is 2.97. The predicted molar refractivity (Wildman–Crippen MR) is 182 cm³/mol. The van der Waals surface area contributed by atoms with Crippen LogP contribution in [0.1, 0.15) is 49.9 Å². The summed E-state index contributed by atoms with van der Waals surface area (Å²) < 4.78 is 12.3. The maximum Gasteiger partial charge on any atom is 0.340 e. The topological polar surface area (TPSA) is 64.6 Å². The summed E-state index contributed by atoms with van der Waals surface area (Å²) >= 11 is 6.82. The zero-order valence-corrected chi connectivity index (χ0v) is 28.1. The van der Waals surface area contributed by atoms with E-state index < -0.39 is 0 Å². The Kier molecular flexibility index (Phi) is 13.2. The summed E-state index contributed by atoms with van der Waals surface area (Å²) in [5.74, 6) is -0.558. The second-order valence-corrected chi connectivity index (χ2v) is 12.5. The van der Waals surface area contributed by atoms with Crippen LogP contribution >= 0.6 is 31.9 Å². The van der Waals surface area contributed by atoms with Gasteiger partial charge in [0.1, 0.15) is 6.61 Å². The van der Waals surface area contributed by atoms with Crippen LogP contribution < -0.4 is 5.32 Å². The molecule has 1 N–H and O–H groups in total. The van der Waals surface area contributed by atoms with Crippen molar-refractivity contribution in [1.82, 2.24) is 0 Å². The molecule has 7 heteroatoms. The summed E-state index contributed by atoms with van der Waals surface area (Å²) in [5.41, 5.74) is 5.46. The van der Waals surface area contributed by atoms with Gasteiger partial charge in [-0.05, 0) is 71.0 Å². The zero-order valence-electron chi connectivity index (χ0n) is 24.9. The quantitative estimate of drug-likeness (QED) is 0.139. The van der Waals surface area contributed by atoms with Crippen LogP contribution in [0.2, 0.25) is 0 Å². The summed E-state index contributed by atoms with van der Waals surface area (Å²) in [6, 6.07) is 33.1. The van der Waals surface area contributed by atoms with Crippen molar-refractivity contribution in [2.75, 3.05) is 11.9 Å². The Balaban J connectivity index is 0.000000248. The number of carbonyl (C=O) groups excluding carboxylic acids is 2. The molecule has 0 aliphatic heterocycles. The Labute approximate surface area is 271 Å². The molecule has 4 rings (SSSR count). The number of hydrogen-bond donors (Lipinski definition) is 1. The van der Waals surface area contributed by atoms with Crippen LogP contribution in [0.15, 0.2) is 118 Å². The second kappa shape index (κ2) is 16.8. The molecule has 0 spiro atoms. The van der Waals surface area contributed by atoms with Crippen LogP contribution in [-0.4, -0.2) is 18.5 Å². The van der Waals surface area contributed by atoms with Gasteiger partial charge in [-0.3, -0.25) is 4.79 Å². The highest BCUT2D eigenvalue weighted by Gasteiger charge is 2.15. The largest absolute Gasteiger partial charge is 0.462 e. The number of benzene rings is 4. The fourth-order valence-electron chi connectivity index (χ4n) is 3.96. The molecule has 0 atom stereocenters. The molecule has 0 aromatic heterocycles. The Bertz CT molecular complexity index is 1530. The van der Waals surface area contributed by atoms with Crippen LogP contribution in [0, 0.1) is 0 Å². The molecular weight excluding hydrogens is 670 g/mol. The molecule has 4 aromatic rings. The minimum absolute atomic E-state index is 0.0651. The van der Waals surface area contributed by atoms with Crippen LogP contribution in [0.25, 0.3) is 5.57 Å². The van der Waals surface area contributed by atoms with Gasteiger partial charge in [-0.15, -0.1) is 0 Å². The molecule has 224 valence electrons. The van der Waals surface area contributed by atoms with Crippen molar-refractivity contribution in [2.24, 2.45) is 0 Å². The van der Waals surface area contributed by atoms with Gasteiger partial charge in [0.05, 0.1) is 18.6 Å². The molecule has 0 saturated carbocycles. The first kappa shape index (κ1) is 33.8. The minimum Gasteiger partial charge on any atom is -0.462 e. The maximum atomic E-state index is 12.4. The molecular formula is C36H37Br2NO4. The van der Waals surface area contributed by atoms with Gasteiger partial charge in [-0.25, -0.2) is 4.79 Å². The monoisotopic (exact) mass is 705 g/mol. The smallest absolute Gasteiger partial charge is 0.340 e. The van der Waals surface area contributed by atoms with Crippen LogP contribution in [0.3, 0.4) is 0 Å². The second-order valence-electron chi connectivity index (χ2n) is 10.7. The number of carbonyl (C=O) groups is 2. The van der Waals surface area contributed by atoms with Gasteiger partial charge in [0, 0.05) is 20.8 Å². The lowest BCUT2D eigenvalue weighted by Crippen LogP contribution is -2.11. The molecule has 5 nitrogen and oxygen atoms in total. The fourth-order valence-corrected chi connectivity index (χ4v) is 4.80. The van der Waals surface area contributed by atoms with E-state index in [1.807, 2.05) is 91.0 Å². The van der Waals surface area contributed by atoms with E-state index in [2.05, 4.69) is 70.1 Å². The van der Waals surface area contributed by atoms with Gasteiger partial charge in [0.25, 0.3) is 0 Å². The van der Waals surface area contributed by atoms with E-state index >= 15 is 0 Å². The number of halogens is 2.